The Morgan fingerprint density at radius 1 is 1.32 bits per heavy atom. The Hall–Kier alpha value is -2.97. The summed E-state index contributed by atoms with van der Waals surface area (Å²) in [7, 11) is 1.89. The lowest BCUT2D eigenvalue weighted by Crippen LogP contribution is -2.15. The second kappa shape index (κ2) is 4.05. The van der Waals surface area contributed by atoms with Crippen molar-refractivity contribution in [3.05, 3.63) is 30.7 Å². The Labute approximate surface area is 107 Å². The van der Waals surface area contributed by atoms with Gasteiger partial charge in [0.15, 0.2) is 5.82 Å². The van der Waals surface area contributed by atoms with Crippen LogP contribution in [0.25, 0.3) is 16.9 Å². The van der Waals surface area contributed by atoms with Gasteiger partial charge in [-0.25, -0.2) is 15.0 Å². The molecule has 0 saturated carbocycles. The average molecular weight is 258 g/mol. The molecule has 0 aliphatic rings. The summed E-state index contributed by atoms with van der Waals surface area (Å²) in [5, 5.41) is 15.5. The number of hydrogen-bond donors (Lipinski definition) is 2. The van der Waals surface area contributed by atoms with E-state index in [0.29, 0.717) is 11.3 Å². The van der Waals surface area contributed by atoms with Gasteiger partial charge in [-0.05, 0) is 6.07 Å². The topological polar surface area (TPSA) is 120 Å². The van der Waals surface area contributed by atoms with Gasteiger partial charge in [0, 0.05) is 13.2 Å². The fourth-order valence-corrected chi connectivity index (χ4v) is 1.74. The predicted octanol–water partition coefficient (Wildman–Crippen LogP) is -0.357. The number of pyridine rings is 1. The van der Waals surface area contributed by atoms with Gasteiger partial charge in [-0.15, -0.1) is 5.10 Å². The number of nitrogens with two attached hydrogens (primary N) is 1. The van der Waals surface area contributed by atoms with Crippen molar-refractivity contribution in [2.45, 2.75) is 0 Å². The molecule has 0 aliphatic carbocycles. The maximum Gasteiger partial charge on any atom is 0.220 e. The number of rotatable bonds is 2. The Bertz CT molecular complexity index is 771. The molecule has 3 rings (SSSR count). The molecule has 19 heavy (non-hydrogen) atoms. The van der Waals surface area contributed by atoms with E-state index >= 15 is 0 Å². The van der Waals surface area contributed by atoms with Crippen LogP contribution >= 0.6 is 0 Å². The molecular weight excluding hydrogens is 248 g/mol. The van der Waals surface area contributed by atoms with Gasteiger partial charge >= 0.3 is 0 Å². The SMILES string of the molecule is Cn1cnc2c(-n3cnc(/C(N)=N/O)n3)nccc21. The van der Waals surface area contributed by atoms with Crippen molar-refractivity contribution in [2.24, 2.45) is 17.9 Å². The summed E-state index contributed by atoms with van der Waals surface area (Å²) >= 11 is 0. The van der Waals surface area contributed by atoms with Crippen LogP contribution in [0.5, 0.6) is 0 Å². The second-order valence-electron chi connectivity index (χ2n) is 3.86. The highest BCUT2D eigenvalue weighted by Gasteiger charge is 2.12. The first-order valence-corrected chi connectivity index (χ1v) is 5.36. The highest BCUT2D eigenvalue weighted by molar-refractivity contribution is 5.93. The molecule has 96 valence electrons. The normalized spacial score (nSPS) is 12.2. The van der Waals surface area contributed by atoms with Crippen molar-refractivity contribution in [3.8, 4) is 5.82 Å². The quantitative estimate of drug-likeness (QED) is 0.280. The van der Waals surface area contributed by atoms with Crippen LogP contribution in [0.3, 0.4) is 0 Å². The van der Waals surface area contributed by atoms with Crippen molar-refractivity contribution < 1.29 is 5.21 Å². The van der Waals surface area contributed by atoms with E-state index in [1.807, 2.05) is 17.7 Å². The van der Waals surface area contributed by atoms with Gasteiger partial charge in [0.25, 0.3) is 0 Å². The fourth-order valence-electron chi connectivity index (χ4n) is 1.74. The van der Waals surface area contributed by atoms with Crippen LogP contribution in [-0.4, -0.2) is 40.3 Å². The van der Waals surface area contributed by atoms with Gasteiger partial charge in [-0.1, -0.05) is 5.16 Å². The van der Waals surface area contributed by atoms with Crippen molar-refractivity contribution in [2.75, 3.05) is 0 Å². The molecule has 3 N–H and O–H groups in total. The van der Waals surface area contributed by atoms with Crippen molar-refractivity contribution in [1.29, 1.82) is 0 Å². The molecule has 3 heterocycles. The second-order valence-corrected chi connectivity index (χ2v) is 3.86. The number of amidine groups is 1. The van der Waals surface area contributed by atoms with E-state index in [0.717, 1.165) is 5.52 Å². The first-order valence-electron chi connectivity index (χ1n) is 5.36. The molecule has 0 fully saturated rings. The highest BCUT2D eigenvalue weighted by Crippen LogP contribution is 2.16. The Morgan fingerprint density at radius 2 is 2.16 bits per heavy atom. The van der Waals surface area contributed by atoms with E-state index in [-0.39, 0.29) is 11.7 Å². The molecule has 9 heteroatoms. The molecule has 0 aliphatic heterocycles. The lowest BCUT2D eigenvalue weighted by Gasteiger charge is -2.00. The third-order valence-corrected chi connectivity index (χ3v) is 2.67. The molecule has 0 amide bonds. The summed E-state index contributed by atoms with van der Waals surface area (Å²) in [5.41, 5.74) is 7.04. The lowest BCUT2D eigenvalue weighted by atomic mass is 10.4. The average Bonchev–Trinajstić information content (AvgIpc) is 3.05. The number of aromatic nitrogens is 6. The lowest BCUT2D eigenvalue weighted by molar-refractivity contribution is 0.318. The van der Waals surface area contributed by atoms with Crippen LogP contribution in [0.4, 0.5) is 0 Å². The van der Waals surface area contributed by atoms with Crippen LogP contribution in [0, 0.1) is 0 Å². The highest BCUT2D eigenvalue weighted by atomic mass is 16.4. The molecule has 0 bridgehead atoms. The van der Waals surface area contributed by atoms with E-state index in [1.54, 1.807) is 12.5 Å². The largest absolute Gasteiger partial charge is 0.409 e. The minimum Gasteiger partial charge on any atom is -0.409 e. The van der Waals surface area contributed by atoms with E-state index in [9.17, 15) is 0 Å². The van der Waals surface area contributed by atoms with Crippen molar-refractivity contribution >= 4 is 16.9 Å². The minimum atomic E-state index is -0.160. The molecule has 3 aromatic heterocycles. The van der Waals surface area contributed by atoms with Gasteiger partial charge in [0.2, 0.25) is 11.7 Å². The van der Waals surface area contributed by atoms with E-state index in [1.165, 1.54) is 11.0 Å². The predicted molar refractivity (Wildman–Crippen MR) is 65.9 cm³/mol. The third kappa shape index (κ3) is 1.68. The number of aryl methyl sites for hydroxylation is 1. The zero-order valence-corrected chi connectivity index (χ0v) is 9.96. The Balaban J connectivity index is 2.17. The first kappa shape index (κ1) is 11.1. The number of nitrogens with zero attached hydrogens (tertiary/aromatic N) is 7. The molecule has 0 saturated heterocycles. The van der Waals surface area contributed by atoms with E-state index in [2.05, 4.69) is 25.2 Å². The number of hydrogen-bond acceptors (Lipinski definition) is 6. The van der Waals surface area contributed by atoms with Gasteiger partial charge < -0.3 is 15.5 Å². The van der Waals surface area contributed by atoms with E-state index in [4.69, 9.17) is 10.9 Å². The molecule has 0 atom stereocenters. The molecule has 3 aromatic rings. The number of oxime groups is 1. The monoisotopic (exact) mass is 258 g/mol. The minimum absolute atomic E-state index is 0.122. The molecule has 0 radical (unpaired) electrons. The molecule has 0 unspecified atom stereocenters. The van der Waals surface area contributed by atoms with Gasteiger partial charge in [0.05, 0.1) is 11.8 Å². The molecular formula is C10H10N8O. The number of fused-ring (bicyclic) bond motifs is 1. The summed E-state index contributed by atoms with van der Waals surface area (Å²) < 4.78 is 3.31. The summed E-state index contributed by atoms with van der Waals surface area (Å²) in [5.74, 6) is 0.492. The van der Waals surface area contributed by atoms with Gasteiger partial charge in [-0.3, -0.25) is 0 Å². The third-order valence-electron chi connectivity index (χ3n) is 2.67. The summed E-state index contributed by atoms with van der Waals surface area (Å²) in [6, 6.07) is 1.85. The Kier molecular flexibility index (Phi) is 2.37. The molecule has 0 aromatic carbocycles. The molecule has 0 spiro atoms. The van der Waals surface area contributed by atoms with Crippen LogP contribution < -0.4 is 5.73 Å². The number of imidazole rings is 1. The van der Waals surface area contributed by atoms with Gasteiger partial charge in [-0.2, -0.15) is 4.68 Å². The van der Waals surface area contributed by atoms with Crippen LogP contribution in [0.2, 0.25) is 0 Å². The zero-order chi connectivity index (χ0) is 13.4. The maximum atomic E-state index is 8.59. The maximum absolute atomic E-state index is 8.59. The van der Waals surface area contributed by atoms with Crippen LogP contribution in [0.1, 0.15) is 5.82 Å². The van der Waals surface area contributed by atoms with Crippen LogP contribution in [0.15, 0.2) is 30.1 Å². The van der Waals surface area contributed by atoms with Crippen LogP contribution in [-0.2, 0) is 7.05 Å². The summed E-state index contributed by atoms with van der Waals surface area (Å²) in [6.07, 6.45) is 4.78. The smallest absolute Gasteiger partial charge is 0.220 e. The standard InChI is InChI=1S/C10H10N8O/c1-17-4-13-7-6(17)2-3-12-10(7)18-5-14-9(15-18)8(11)16-19/h2-5,19H,1H3,(H2,11,16). The summed E-state index contributed by atoms with van der Waals surface area (Å²) in [4.78, 5) is 12.4. The first-order chi connectivity index (χ1) is 9.20. The fraction of sp³-hybridized carbons (Fsp3) is 0.100. The van der Waals surface area contributed by atoms with Gasteiger partial charge in [0.1, 0.15) is 11.8 Å². The summed E-state index contributed by atoms with van der Waals surface area (Å²) in [6.45, 7) is 0. The Morgan fingerprint density at radius 3 is 2.95 bits per heavy atom. The molecule has 9 nitrogen and oxygen atoms in total. The zero-order valence-electron chi connectivity index (χ0n) is 9.96. The van der Waals surface area contributed by atoms with Crippen molar-refractivity contribution in [1.82, 2.24) is 29.3 Å². The van der Waals surface area contributed by atoms with Crippen molar-refractivity contribution in [3.63, 3.8) is 0 Å². The van der Waals surface area contributed by atoms with E-state index < -0.39 is 0 Å².